The molecule has 0 aromatic heterocycles. The van der Waals surface area contributed by atoms with Gasteiger partial charge >= 0.3 is 5.97 Å². The minimum atomic E-state index is -1.63. The Labute approximate surface area is 82.6 Å². The van der Waals surface area contributed by atoms with E-state index in [0.717, 1.165) is 0 Å². The highest BCUT2D eigenvalue weighted by molar-refractivity contribution is 5.81. The third-order valence-corrected chi connectivity index (χ3v) is 2.45. The summed E-state index contributed by atoms with van der Waals surface area (Å²) >= 11 is 0. The zero-order chi connectivity index (χ0) is 10.6. The first-order valence-electron chi connectivity index (χ1n) is 4.97. The quantitative estimate of drug-likeness (QED) is 0.653. The van der Waals surface area contributed by atoms with E-state index in [0.29, 0.717) is 19.3 Å². The summed E-state index contributed by atoms with van der Waals surface area (Å²) in [5, 5.41) is 0. The van der Waals surface area contributed by atoms with Crippen LogP contribution in [-0.4, -0.2) is 24.5 Å². The van der Waals surface area contributed by atoms with Crippen molar-refractivity contribution in [2.24, 2.45) is 5.92 Å². The molecule has 0 aliphatic heterocycles. The lowest BCUT2D eigenvalue weighted by Gasteiger charge is -2.22. The molecule has 1 aliphatic rings. The summed E-state index contributed by atoms with van der Waals surface area (Å²) in [4.78, 5) is 22.1. The molecule has 0 saturated heterocycles. The zero-order valence-corrected chi connectivity index (χ0v) is 8.29. The normalized spacial score (nSPS) is 24.4. The smallest absolute Gasteiger partial charge is 0.341 e. The van der Waals surface area contributed by atoms with Crippen LogP contribution in [0.4, 0.5) is 4.39 Å². The van der Waals surface area contributed by atoms with Crippen LogP contribution in [0, 0.1) is 5.92 Å². The fourth-order valence-corrected chi connectivity index (χ4v) is 1.72. The Bertz CT molecular complexity index is 227. The highest BCUT2D eigenvalue weighted by atomic mass is 19.1. The largest absolute Gasteiger partial charge is 0.464 e. The summed E-state index contributed by atoms with van der Waals surface area (Å²) in [5.74, 6) is -1.24. The van der Waals surface area contributed by atoms with Crippen molar-refractivity contribution in [2.45, 2.75) is 38.8 Å². The zero-order valence-electron chi connectivity index (χ0n) is 8.29. The lowest BCUT2D eigenvalue weighted by Crippen LogP contribution is -2.31. The Morgan fingerprint density at radius 3 is 3.00 bits per heavy atom. The van der Waals surface area contributed by atoms with Gasteiger partial charge in [-0.3, -0.25) is 4.79 Å². The number of esters is 1. The van der Waals surface area contributed by atoms with Crippen molar-refractivity contribution in [3.05, 3.63) is 0 Å². The summed E-state index contributed by atoms with van der Waals surface area (Å²) in [6, 6.07) is 0. The van der Waals surface area contributed by atoms with Crippen LogP contribution in [0.15, 0.2) is 0 Å². The van der Waals surface area contributed by atoms with Crippen molar-refractivity contribution in [3.8, 4) is 0 Å². The molecule has 1 aliphatic carbocycles. The Balaban J connectivity index is 2.46. The first kappa shape index (κ1) is 11.1. The van der Waals surface area contributed by atoms with Crippen molar-refractivity contribution in [2.75, 3.05) is 6.61 Å². The van der Waals surface area contributed by atoms with Crippen LogP contribution in [-0.2, 0) is 14.3 Å². The maximum absolute atomic E-state index is 13.4. The molecule has 0 spiro atoms. The van der Waals surface area contributed by atoms with E-state index in [-0.39, 0.29) is 18.8 Å². The van der Waals surface area contributed by atoms with Gasteiger partial charge in [0, 0.05) is 18.8 Å². The van der Waals surface area contributed by atoms with Gasteiger partial charge in [-0.15, -0.1) is 0 Å². The fraction of sp³-hybridized carbons (Fsp3) is 0.800. The second-order valence-electron chi connectivity index (χ2n) is 3.55. The summed E-state index contributed by atoms with van der Waals surface area (Å²) in [6.07, 6.45) is 0.361. The van der Waals surface area contributed by atoms with Gasteiger partial charge in [0.2, 0.25) is 0 Å². The molecular weight excluding hydrogens is 187 g/mol. The number of halogens is 1. The number of ether oxygens (including phenoxy) is 1. The molecule has 0 bridgehead atoms. The third kappa shape index (κ3) is 2.79. The van der Waals surface area contributed by atoms with Crippen LogP contribution in [0.2, 0.25) is 0 Å². The molecule has 80 valence electrons. The molecule has 1 saturated carbocycles. The lowest BCUT2D eigenvalue weighted by molar-refractivity contribution is -0.152. The highest BCUT2D eigenvalue weighted by Crippen LogP contribution is 2.26. The number of alkyl halides is 1. The lowest BCUT2D eigenvalue weighted by atomic mass is 9.85. The average Bonchev–Trinajstić information content (AvgIpc) is 2.17. The molecule has 14 heavy (non-hydrogen) atoms. The second kappa shape index (κ2) is 5.08. The first-order chi connectivity index (χ1) is 6.65. The fourth-order valence-electron chi connectivity index (χ4n) is 1.72. The van der Waals surface area contributed by atoms with Crippen molar-refractivity contribution < 1.29 is 18.7 Å². The first-order valence-corrected chi connectivity index (χ1v) is 4.97. The van der Waals surface area contributed by atoms with Gasteiger partial charge in [-0.2, -0.15) is 0 Å². The number of carbonyl (C=O) groups is 2. The van der Waals surface area contributed by atoms with Crippen molar-refractivity contribution in [1.29, 1.82) is 0 Å². The minimum Gasteiger partial charge on any atom is -0.464 e. The van der Waals surface area contributed by atoms with E-state index in [1.54, 1.807) is 6.92 Å². The molecule has 0 amide bonds. The number of carbonyl (C=O) groups excluding carboxylic acids is 2. The molecule has 0 aromatic carbocycles. The minimum absolute atomic E-state index is 0.0493. The third-order valence-electron chi connectivity index (χ3n) is 2.45. The highest BCUT2D eigenvalue weighted by Gasteiger charge is 2.32. The Morgan fingerprint density at radius 2 is 2.43 bits per heavy atom. The van der Waals surface area contributed by atoms with Crippen molar-refractivity contribution in [1.82, 2.24) is 0 Å². The van der Waals surface area contributed by atoms with Crippen molar-refractivity contribution in [3.63, 3.8) is 0 Å². The van der Waals surface area contributed by atoms with Gasteiger partial charge in [0.1, 0.15) is 5.78 Å². The second-order valence-corrected chi connectivity index (χ2v) is 3.55. The Morgan fingerprint density at radius 1 is 1.71 bits per heavy atom. The van der Waals surface area contributed by atoms with Gasteiger partial charge in [0.25, 0.3) is 0 Å². The summed E-state index contributed by atoms with van der Waals surface area (Å²) in [6.45, 7) is 1.82. The SMILES string of the molecule is CCOC(=O)[C@H](F)[C@@H]1CCCC(=O)C1. The topological polar surface area (TPSA) is 43.4 Å². The molecule has 0 radical (unpaired) electrons. The maximum atomic E-state index is 13.4. The average molecular weight is 202 g/mol. The molecule has 0 N–H and O–H groups in total. The number of hydrogen-bond donors (Lipinski definition) is 0. The van der Waals surface area contributed by atoms with E-state index in [1.807, 2.05) is 0 Å². The van der Waals surface area contributed by atoms with Gasteiger partial charge < -0.3 is 4.74 Å². The van der Waals surface area contributed by atoms with Crippen LogP contribution in [0.5, 0.6) is 0 Å². The van der Waals surface area contributed by atoms with E-state index in [2.05, 4.69) is 4.74 Å². The van der Waals surface area contributed by atoms with E-state index < -0.39 is 18.1 Å². The predicted octanol–water partition coefficient (Wildman–Crippen LogP) is 1.65. The van der Waals surface area contributed by atoms with Crippen LogP contribution < -0.4 is 0 Å². The van der Waals surface area contributed by atoms with Crippen LogP contribution >= 0.6 is 0 Å². The predicted molar refractivity (Wildman–Crippen MR) is 48.5 cm³/mol. The summed E-state index contributed by atoms with van der Waals surface area (Å²) < 4.78 is 18.0. The maximum Gasteiger partial charge on any atom is 0.341 e. The van der Waals surface area contributed by atoms with E-state index in [1.165, 1.54) is 0 Å². The number of Topliss-reactive ketones (excluding diaryl/α,β-unsaturated/α-hetero) is 1. The number of hydrogen-bond acceptors (Lipinski definition) is 3. The molecule has 0 unspecified atom stereocenters. The Kier molecular flexibility index (Phi) is 4.04. The van der Waals surface area contributed by atoms with Crippen LogP contribution in [0.3, 0.4) is 0 Å². The molecule has 0 heterocycles. The van der Waals surface area contributed by atoms with E-state index in [9.17, 15) is 14.0 Å². The number of rotatable bonds is 3. The van der Waals surface area contributed by atoms with Gasteiger partial charge in [0.05, 0.1) is 6.61 Å². The molecule has 4 heteroatoms. The van der Waals surface area contributed by atoms with Gasteiger partial charge in [-0.05, 0) is 19.8 Å². The van der Waals surface area contributed by atoms with Crippen molar-refractivity contribution >= 4 is 11.8 Å². The van der Waals surface area contributed by atoms with E-state index in [4.69, 9.17) is 0 Å². The van der Waals surface area contributed by atoms with Crippen LogP contribution in [0.1, 0.15) is 32.6 Å². The molecule has 0 aromatic rings. The van der Waals surface area contributed by atoms with Crippen LogP contribution in [0.25, 0.3) is 0 Å². The molecule has 2 atom stereocenters. The molecule has 3 nitrogen and oxygen atoms in total. The Hall–Kier alpha value is -0.930. The standard InChI is InChI=1S/C10H15FO3/c1-2-14-10(13)9(11)7-4-3-5-8(12)6-7/h7,9H,2-6H2,1H3/t7-,9-/m1/s1. The molecule has 1 rings (SSSR count). The monoisotopic (exact) mass is 202 g/mol. The molecule has 1 fully saturated rings. The van der Waals surface area contributed by atoms with E-state index >= 15 is 0 Å². The number of ketones is 1. The van der Waals surface area contributed by atoms with Gasteiger partial charge in [-0.1, -0.05) is 0 Å². The summed E-state index contributed by atoms with van der Waals surface area (Å²) in [5.41, 5.74) is 0. The van der Waals surface area contributed by atoms with Gasteiger partial charge in [0.15, 0.2) is 6.17 Å². The summed E-state index contributed by atoms with van der Waals surface area (Å²) in [7, 11) is 0. The van der Waals surface area contributed by atoms with Gasteiger partial charge in [-0.25, -0.2) is 9.18 Å². The molecular formula is C10H15FO3.